The average Bonchev–Trinajstić information content (AvgIpc) is 2.75. The minimum Gasteiger partial charge on any atom is -0.484 e. The van der Waals surface area contributed by atoms with Gasteiger partial charge < -0.3 is 10.1 Å². The highest BCUT2D eigenvalue weighted by molar-refractivity contribution is 7.99. The second-order valence-corrected chi connectivity index (χ2v) is 7.49. The molecule has 1 aliphatic rings. The summed E-state index contributed by atoms with van der Waals surface area (Å²) in [5.41, 5.74) is 6.13. The maximum atomic E-state index is 12.9. The minimum absolute atomic E-state index is 0.207. The van der Waals surface area contributed by atoms with E-state index in [0.29, 0.717) is 11.5 Å². The molecule has 4 rings (SSSR count). The normalized spacial score (nSPS) is 12.4. The Morgan fingerprint density at radius 3 is 2.66 bits per heavy atom. The summed E-state index contributed by atoms with van der Waals surface area (Å²) >= 11 is 1.71. The largest absolute Gasteiger partial charge is 0.484 e. The fraction of sp³-hybridized carbons (Fsp3) is 0.0909. The number of ether oxygens (including phenoxy) is 1. The third-order valence-electron chi connectivity index (χ3n) is 4.31. The molecule has 0 saturated carbocycles. The number of hydrogen-bond acceptors (Lipinski definition) is 5. The predicted octanol–water partition coefficient (Wildman–Crippen LogP) is 4.95. The summed E-state index contributed by atoms with van der Waals surface area (Å²) in [7, 11) is 0. The molecule has 3 aromatic carbocycles. The van der Waals surface area contributed by atoms with Crippen molar-refractivity contribution >= 4 is 34.8 Å². The van der Waals surface area contributed by atoms with E-state index in [-0.39, 0.29) is 12.4 Å². The summed E-state index contributed by atoms with van der Waals surface area (Å²) < 4.78 is 18.2. The summed E-state index contributed by atoms with van der Waals surface area (Å²) in [6.07, 6.45) is 0. The maximum absolute atomic E-state index is 12.9. The average molecular weight is 407 g/mol. The van der Waals surface area contributed by atoms with Gasteiger partial charge in [0, 0.05) is 9.79 Å². The Bertz CT molecular complexity index is 1080. The van der Waals surface area contributed by atoms with Crippen LogP contribution in [0.1, 0.15) is 12.5 Å². The maximum Gasteiger partial charge on any atom is 0.277 e. The molecular formula is C22H18FN3O2S. The molecule has 1 amide bonds. The van der Waals surface area contributed by atoms with E-state index in [4.69, 9.17) is 4.74 Å². The monoisotopic (exact) mass is 407 g/mol. The van der Waals surface area contributed by atoms with Gasteiger partial charge >= 0.3 is 0 Å². The highest BCUT2D eigenvalue weighted by Crippen LogP contribution is 2.44. The number of carbonyl (C=O) groups excluding carboxylic acids is 1. The first-order chi connectivity index (χ1) is 14.1. The van der Waals surface area contributed by atoms with E-state index in [0.717, 1.165) is 21.8 Å². The number of hydrazone groups is 1. The van der Waals surface area contributed by atoms with Crippen molar-refractivity contribution in [1.82, 2.24) is 5.43 Å². The molecule has 5 nitrogen and oxygen atoms in total. The number of benzene rings is 3. The van der Waals surface area contributed by atoms with Crippen molar-refractivity contribution in [2.45, 2.75) is 16.7 Å². The first kappa shape index (κ1) is 19.0. The molecule has 0 unspecified atom stereocenters. The van der Waals surface area contributed by atoms with Crippen molar-refractivity contribution in [2.24, 2.45) is 5.10 Å². The summed E-state index contributed by atoms with van der Waals surface area (Å²) in [6.45, 7) is 1.62. The van der Waals surface area contributed by atoms with Crippen molar-refractivity contribution in [3.05, 3.63) is 78.1 Å². The lowest BCUT2D eigenvalue weighted by Gasteiger charge is -2.21. The van der Waals surface area contributed by atoms with Crippen LogP contribution in [0.3, 0.4) is 0 Å². The number of halogens is 1. The Morgan fingerprint density at radius 2 is 1.83 bits per heavy atom. The quantitative estimate of drug-likeness (QED) is 0.363. The molecule has 0 spiro atoms. The number of hydrogen-bond donors (Lipinski definition) is 2. The first-order valence-electron chi connectivity index (χ1n) is 8.98. The lowest BCUT2D eigenvalue weighted by molar-refractivity contribution is -0.123. The molecule has 0 bridgehead atoms. The zero-order chi connectivity index (χ0) is 20.2. The third-order valence-corrected chi connectivity index (χ3v) is 5.46. The summed E-state index contributed by atoms with van der Waals surface area (Å²) in [5, 5.41) is 7.59. The van der Waals surface area contributed by atoms with Crippen LogP contribution in [-0.4, -0.2) is 18.2 Å². The van der Waals surface area contributed by atoms with Crippen molar-refractivity contribution in [3.8, 4) is 5.75 Å². The van der Waals surface area contributed by atoms with Crippen LogP contribution < -0.4 is 15.5 Å². The Labute approximate surface area is 172 Å². The fourth-order valence-electron chi connectivity index (χ4n) is 2.79. The predicted molar refractivity (Wildman–Crippen MR) is 113 cm³/mol. The Hall–Kier alpha value is -3.32. The van der Waals surface area contributed by atoms with Crippen molar-refractivity contribution in [1.29, 1.82) is 0 Å². The molecule has 1 aliphatic heterocycles. The summed E-state index contributed by atoms with van der Waals surface area (Å²) in [4.78, 5) is 14.3. The van der Waals surface area contributed by atoms with E-state index >= 15 is 0 Å². The van der Waals surface area contributed by atoms with Crippen molar-refractivity contribution in [2.75, 3.05) is 11.9 Å². The molecular weight excluding hydrogens is 389 g/mol. The van der Waals surface area contributed by atoms with E-state index in [1.807, 2.05) is 43.3 Å². The van der Waals surface area contributed by atoms with Gasteiger partial charge in [-0.05, 0) is 61.0 Å². The number of nitrogens with zero attached hydrogens (tertiary/aromatic N) is 1. The fourth-order valence-corrected chi connectivity index (χ4v) is 3.76. The van der Waals surface area contributed by atoms with Crippen molar-refractivity contribution < 1.29 is 13.9 Å². The molecule has 3 aromatic rings. The van der Waals surface area contributed by atoms with E-state index in [2.05, 4.69) is 21.9 Å². The van der Waals surface area contributed by atoms with Gasteiger partial charge in [-0.15, -0.1) is 0 Å². The van der Waals surface area contributed by atoms with Crippen LogP contribution in [0.4, 0.5) is 15.8 Å². The number of amides is 1. The molecule has 0 saturated heterocycles. The molecule has 146 valence electrons. The molecule has 0 aliphatic carbocycles. The van der Waals surface area contributed by atoms with Crippen LogP contribution >= 0.6 is 11.8 Å². The minimum atomic E-state index is -0.394. The summed E-state index contributed by atoms with van der Waals surface area (Å²) in [5.74, 6) is -0.335. The Kier molecular flexibility index (Phi) is 5.48. The van der Waals surface area contributed by atoms with Crippen LogP contribution in [0.5, 0.6) is 5.75 Å². The standard InChI is InChI=1S/C22H18FN3O2S/c1-14(25-26-22(27)13-28-17-9-7-16(23)8-10-17)15-6-11-21-19(12-15)24-18-4-2-3-5-20(18)29-21/h2-12,24H,13H2,1H3,(H,26,27)/b25-14-. The van der Waals surface area contributed by atoms with Gasteiger partial charge in [0.05, 0.1) is 17.1 Å². The number of anilines is 2. The third kappa shape index (κ3) is 4.57. The summed E-state index contributed by atoms with van der Waals surface area (Å²) in [6, 6.07) is 19.6. The Morgan fingerprint density at radius 1 is 1.07 bits per heavy atom. The van der Waals surface area contributed by atoms with Gasteiger partial charge in [0.2, 0.25) is 0 Å². The zero-order valence-electron chi connectivity index (χ0n) is 15.6. The van der Waals surface area contributed by atoms with Gasteiger partial charge in [-0.1, -0.05) is 30.0 Å². The zero-order valence-corrected chi connectivity index (χ0v) is 16.4. The van der Waals surface area contributed by atoms with Crippen LogP contribution in [0.25, 0.3) is 0 Å². The van der Waals surface area contributed by atoms with Crippen LogP contribution in [-0.2, 0) is 4.79 Å². The van der Waals surface area contributed by atoms with Crippen LogP contribution in [0.15, 0.2) is 81.6 Å². The number of fused-ring (bicyclic) bond motifs is 2. The highest BCUT2D eigenvalue weighted by Gasteiger charge is 2.16. The van der Waals surface area contributed by atoms with E-state index in [1.165, 1.54) is 29.2 Å². The molecule has 2 N–H and O–H groups in total. The van der Waals surface area contributed by atoms with E-state index in [9.17, 15) is 9.18 Å². The molecule has 7 heteroatoms. The van der Waals surface area contributed by atoms with Gasteiger partial charge in [0.1, 0.15) is 11.6 Å². The van der Waals surface area contributed by atoms with Crippen LogP contribution in [0, 0.1) is 5.82 Å². The van der Waals surface area contributed by atoms with E-state index in [1.54, 1.807) is 11.8 Å². The molecule has 0 aromatic heterocycles. The number of para-hydroxylation sites is 1. The highest BCUT2D eigenvalue weighted by atomic mass is 32.2. The molecule has 0 atom stereocenters. The smallest absolute Gasteiger partial charge is 0.277 e. The number of rotatable bonds is 5. The van der Waals surface area contributed by atoms with Gasteiger partial charge in [0.25, 0.3) is 5.91 Å². The molecule has 1 heterocycles. The second-order valence-electron chi connectivity index (χ2n) is 6.41. The lowest BCUT2D eigenvalue weighted by atomic mass is 10.1. The van der Waals surface area contributed by atoms with Crippen molar-refractivity contribution in [3.63, 3.8) is 0 Å². The molecule has 0 fully saturated rings. The molecule has 0 radical (unpaired) electrons. The Balaban J connectivity index is 1.38. The van der Waals surface area contributed by atoms with Gasteiger partial charge in [-0.2, -0.15) is 5.10 Å². The SMILES string of the molecule is C/C(=N/NC(=O)COc1ccc(F)cc1)c1ccc2c(c1)Nc1ccccc1S2. The second kappa shape index (κ2) is 8.36. The lowest BCUT2D eigenvalue weighted by Crippen LogP contribution is -2.25. The van der Waals surface area contributed by atoms with Crippen LogP contribution in [0.2, 0.25) is 0 Å². The van der Waals surface area contributed by atoms with Gasteiger partial charge in [-0.25, -0.2) is 9.82 Å². The van der Waals surface area contributed by atoms with Gasteiger partial charge in [-0.3, -0.25) is 4.79 Å². The molecule has 29 heavy (non-hydrogen) atoms. The number of nitrogens with one attached hydrogen (secondary N) is 2. The van der Waals surface area contributed by atoms with E-state index < -0.39 is 5.91 Å². The topological polar surface area (TPSA) is 62.7 Å². The number of carbonyl (C=O) groups is 1. The van der Waals surface area contributed by atoms with Gasteiger partial charge in [0.15, 0.2) is 6.61 Å². The first-order valence-corrected chi connectivity index (χ1v) is 9.80.